The van der Waals surface area contributed by atoms with Gasteiger partial charge in [-0.1, -0.05) is 41.6 Å². The van der Waals surface area contributed by atoms with Crippen molar-refractivity contribution in [2.45, 2.75) is 24.6 Å². The number of amides is 1. The van der Waals surface area contributed by atoms with Crippen LogP contribution in [0.5, 0.6) is 11.5 Å². The average Bonchev–Trinajstić information content (AvgIpc) is 3.19. The number of hydrogen-bond acceptors (Lipinski definition) is 6. The van der Waals surface area contributed by atoms with E-state index >= 15 is 0 Å². The molecule has 2 fully saturated rings. The van der Waals surface area contributed by atoms with Gasteiger partial charge in [0.25, 0.3) is 5.91 Å². The summed E-state index contributed by atoms with van der Waals surface area (Å²) in [6.07, 6.45) is 0.182. The van der Waals surface area contributed by atoms with Crippen LogP contribution in [-0.2, 0) is 21.1 Å². The molecule has 2 atom stereocenters. The summed E-state index contributed by atoms with van der Waals surface area (Å²) in [5, 5.41) is 0.306. The van der Waals surface area contributed by atoms with Gasteiger partial charge in [0, 0.05) is 11.3 Å². The van der Waals surface area contributed by atoms with E-state index in [0.29, 0.717) is 22.4 Å². The van der Waals surface area contributed by atoms with Crippen molar-refractivity contribution in [3.63, 3.8) is 0 Å². The van der Waals surface area contributed by atoms with Gasteiger partial charge < -0.3 is 14.4 Å². The van der Waals surface area contributed by atoms with Crippen molar-refractivity contribution in [3.05, 3.63) is 53.6 Å². The molecule has 2 heterocycles. The van der Waals surface area contributed by atoms with Crippen LogP contribution in [0.1, 0.15) is 11.1 Å². The lowest BCUT2D eigenvalue weighted by molar-refractivity contribution is -0.117. The molecule has 0 bridgehead atoms. The van der Waals surface area contributed by atoms with Crippen LogP contribution in [0.2, 0.25) is 0 Å². The summed E-state index contributed by atoms with van der Waals surface area (Å²) in [5.41, 5.74) is 2.65. The number of ether oxygens (including phenoxy) is 2. The van der Waals surface area contributed by atoms with E-state index in [1.165, 1.54) is 11.8 Å². The van der Waals surface area contributed by atoms with Crippen LogP contribution in [0, 0.1) is 6.92 Å². The lowest BCUT2D eigenvalue weighted by Crippen LogP contribution is -2.38. The smallest absolute Gasteiger partial charge is 0.252 e. The summed E-state index contributed by atoms with van der Waals surface area (Å²) < 4.78 is 35.5. The normalized spacial score (nSPS) is 23.1. The van der Waals surface area contributed by atoms with Gasteiger partial charge in [0.2, 0.25) is 0 Å². The number of benzene rings is 2. The van der Waals surface area contributed by atoms with Crippen molar-refractivity contribution >= 4 is 38.4 Å². The van der Waals surface area contributed by atoms with Gasteiger partial charge in [-0.25, -0.2) is 8.42 Å². The molecule has 0 aliphatic carbocycles. The highest BCUT2D eigenvalue weighted by Crippen LogP contribution is 2.45. The van der Waals surface area contributed by atoms with E-state index in [4.69, 9.17) is 9.47 Å². The summed E-state index contributed by atoms with van der Waals surface area (Å²) in [5.74, 6) is 0.966. The Labute approximate surface area is 186 Å². The molecule has 0 saturated carbocycles. The highest BCUT2D eigenvalue weighted by molar-refractivity contribution is 8.16. The molecular formula is C22H24N2O5S2. The van der Waals surface area contributed by atoms with Crippen LogP contribution < -0.4 is 14.4 Å². The highest BCUT2D eigenvalue weighted by Gasteiger charge is 2.50. The minimum Gasteiger partial charge on any atom is -0.497 e. The fourth-order valence-electron chi connectivity index (χ4n) is 3.86. The van der Waals surface area contributed by atoms with E-state index in [1.54, 1.807) is 32.4 Å². The van der Waals surface area contributed by atoms with Gasteiger partial charge in [-0.2, -0.15) is 4.99 Å². The first-order valence-electron chi connectivity index (χ1n) is 9.85. The minimum absolute atomic E-state index is 0.0101. The predicted octanol–water partition coefficient (Wildman–Crippen LogP) is 2.86. The molecule has 0 spiro atoms. The number of amidine groups is 1. The number of rotatable bonds is 5. The van der Waals surface area contributed by atoms with Crippen molar-refractivity contribution in [2.75, 3.05) is 30.6 Å². The summed E-state index contributed by atoms with van der Waals surface area (Å²) in [6, 6.07) is 12.8. The van der Waals surface area contributed by atoms with E-state index in [0.717, 1.165) is 11.1 Å². The first-order chi connectivity index (χ1) is 14.8. The van der Waals surface area contributed by atoms with E-state index in [-0.39, 0.29) is 35.1 Å². The summed E-state index contributed by atoms with van der Waals surface area (Å²) >= 11 is 1.34. The fraction of sp³-hybridized carbons (Fsp3) is 0.364. The molecule has 7 nitrogen and oxygen atoms in total. The molecule has 4 rings (SSSR count). The second-order valence-electron chi connectivity index (χ2n) is 7.66. The molecule has 164 valence electrons. The molecule has 0 unspecified atom stereocenters. The molecule has 0 aromatic heterocycles. The Morgan fingerprint density at radius 2 is 1.87 bits per heavy atom. The number of aliphatic imine (C=N–C) groups is 1. The van der Waals surface area contributed by atoms with Crippen LogP contribution >= 0.6 is 11.8 Å². The van der Waals surface area contributed by atoms with Crippen LogP contribution in [0.25, 0.3) is 0 Å². The molecule has 1 amide bonds. The van der Waals surface area contributed by atoms with E-state index in [2.05, 4.69) is 4.99 Å². The Morgan fingerprint density at radius 1 is 1.13 bits per heavy atom. The number of nitrogens with zero attached hydrogens (tertiary/aromatic N) is 2. The van der Waals surface area contributed by atoms with Crippen molar-refractivity contribution in [2.24, 2.45) is 4.99 Å². The van der Waals surface area contributed by atoms with Gasteiger partial charge in [0.05, 0.1) is 43.9 Å². The maximum absolute atomic E-state index is 12.8. The molecule has 2 saturated heterocycles. The largest absolute Gasteiger partial charge is 0.497 e. The molecule has 2 aromatic rings. The number of methoxy groups -OCH3 is 2. The minimum atomic E-state index is -3.16. The monoisotopic (exact) mass is 460 g/mol. The fourth-order valence-corrected chi connectivity index (χ4v) is 7.78. The van der Waals surface area contributed by atoms with Crippen molar-refractivity contribution in [1.29, 1.82) is 0 Å². The quantitative estimate of drug-likeness (QED) is 0.678. The molecule has 0 radical (unpaired) electrons. The van der Waals surface area contributed by atoms with E-state index < -0.39 is 9.84 Å². The topological polar surface area (TPSA) is 85.3 Å². The SMILES string of the molecule is COc1ccc(OC)c(N2C(=NC(=O)Cc3ccc(C)cc3)S[C@@H]3CS(=O)(=O)C[C@@H]32)c1. The number of carbonyl (C=O) groups excluding carboxylic acids is 1. The number of carbonyl (C=O) groups is 1. The summed E-state index contributed by atoms with van der Waals surface area (Å²) in [6.45, 7) is 1.99. The molecular weight excluding hydrogens is 436 g/mol. The molecule has 2 aliphatic heterocycles. The standard InChI is InChI=1S/C22H24N2O5S2/c1-14-4-6-15(7-5-14)10-21(25)23-22-24(18-12-31(26,27)13-20(18)30-22)17-11-16(28-2)8-9-19(17)29-3/h4-9,11,18,20H,10,12-13H2,1-3H3/t18-,20+/m0/s1. The lowest BCUT2D eigenvalue weighted by atomic mass is 10.1. The number of anilines is 1. The zero-order valence-electron chi connectivity index (χ0n) is 17.6. The van der Waals surface area contributed by atoms with Crippen LogP contribution in [0.4, 0.5) is 5.69 Å². The number of fused-ring (bicyclic) bond motifs is 1. The maximum Gasteiger partial charge on any atom is 0.252 e. The third kappa shape index (κ3) is 4.57. The summed E-state index contributed by atoms with van der Waals surface area (Å²) in [4.78, 5) is 19.0. The molecule has 9 heteroatoms. The Balaban J connectivity index is 1.70. The third-order valence-corrected chi connectivity index (χ3v) is 8.62. The van der Waals surface area contributed by atoms with Gasteiger partial charge in [-0.15, -0.1) is 0 Å². The Morgan fingerprint density at radius 3 is 2.55 bits per heavy atom. The zero-order valence-corrected chi connectivity index (χ0v) is 19.2. The van der Waals surface area contributed by atoms with Crippen LogP contribution in [0.15, 0.2) is 47.5 Å². The Kier molecular flexibility index (Phi) is 5.98. The first kappa shape index (κ1) is 21.7. The first-order valence-corrected chi connectivity index (χ1v) is 12.5. The number of thioether (sulfide) groups is 1. The van der Waals surface area contributed by atoms with Gasteiger partial charge in [0.1, 0.15) is 11.5 Å². The van der Waals surface area contributed by atoms with E-state index in [1.807, 2.05) is 36.1 Å². The van der Waals surface area contributed by atoms with Gasteiger partial charge >= 0.3 is 0 Å². The van der Waals surface area contributed by atoms with Crippen molar-refractivity contribution in [3.8, 4) is 11.5 Å². The average molecular weight is 461 g/mol. The van der Waals surface area contributed by atoms with Crippen LogP contribution in [0.3, 0.4) is 0 Å². The van der Waals surface area contributed by atoms with Crippen molar-refractivity contribution < 1.29 is 22.7 Å². The molecule has 31 heavy (non-hydrogen) atoms. The van der Waals surface area contributed by atoms with Gasteiger partial charge in [0.15, 0.2) is 15.0 Å². The second-order valence-corrected chi connectivity index (χ2v) is 11.0. The Hall–Kier alpha value is -2.52. The highest BCUT2D eigenvalue weighted by atomic mass is 32.2. The van der Waals surface area contributed by atoms with Gasteiger partial charge in [-0.05, 0) is 24.6 Å². The third-order valence-electron chi connectivity index (χ3n) is 5.41. The molecule has 0 N–H and O–H groups in total. The summed E-state index contributed by atoms with van der Waals surface area (Å²) in [7, 11) is -0.0456. The molecule has 2 aliphatic rings. The number of hydrogen-bond donors (Lipinski definition) is 0. The van der Waals surface area contributed by atoms with E-state index in [9.17, 15) is 13.2 Å². The molecule has 2 aromatic carbocycles. The lowest BCUT2D eigenvalue weighted by Gasteiger charge is -2.26. The second kappa shape index (κ2) is 8.55. The van der Waals surface area contributed by atoms with Crippen molar-refractivity contribution in [1.82, 2.24) is 0 Å². The van der Waals surface area contributed by atoms with Crippen LogP contribution in [-0.4, -0.2) is 56.5 Å². The predicted molar refractivity (Wildman–Crippen MR) is 123 cm³/mol. The number of sulfone groups is 1. The maximum atomic E-state index is 12.8. The Bertz CT molecular complexity index is 1130. The van der Waals surface area contributed by atoms with Gasteiger partial charge in [-0.3, -0.25) is 4.79 Å². The number of aryl methyl sites for hydroxylation is 1. The zero-order chi connectivity index (χ0) is 22.2.